The maximum atomic E-state index is 0. The second-order valence-corrected chi connectivity index (χ2v) is 0. The SMILES string of the molecule is O.O.O.O.O.O.[Cl-]. The van der Waals surface area contributed by atoms with Crippen LogP contribution in [0, 0.1) is 0 Å². The Balaban J connectivity index is 0. The third-order valence-corrected chi connectivity index (χ3v) is 0. The van der Waals surface area contributed by atoms with E-state index in [4.69, 9.17) is 0 Å². The minimum Gasteiger partial charge on any atom is -1.00 e. The lowest BCUT2D eigenvalue weighted by Gasteiger charge is -1.00. The van der Waals surface area contributed by atoms with Crippen LogP contribution < -0.4 is 12.4 Å². The molecule has 0 fully saturated rings. The maximum absolute atomic E-state index is 0. The van der Waals surface area contributed by atoms with Crippen molar-refractivity contribution in [1.82, 2.24) is 0 Å². The van der Waals surface area contributed by atoms with Gasteiger partial charge < -0.3 is 45.3 Å². The monoisotopic (exact) mass is 143 g/mol. The van der Waals surface area contributed by atoms with Crippen molar-refractivity contribution in [2.45, 2.75) is 0 Å². The molecule has 0 saturated heterocycles. The molecule has 0 aromatic heterocycles. The standard InChI is InChI=1S/ClH.6H2O/h1H;6*1H2/p-1. The minimum absolute atomic E-state index is 0. The van der Waals surface area contributed by atoms with Crippen LogP contribution in [0.1, 0.15) is 0 Å². The molecule has 0 saturated carbocycles. The first-order valence-electron chi connectivity index (χ1n) is 0. The molecule has 0 aliphatic heterocycles. The van der Waals surface area contributed by atoms with Crippen LogP contribution in [0.3, 0.4) is 0 Å². The Bertz CT molecular complexity index is 4.14. The van der Waals surface area contributed by atoms with Gasteiger partial charge in [0, 0.05) is 0 Å². The molecule has 56 valence electrons. The molecule has 0 aromatic rings. The van der Waals surface area contributed by atoms with Gasteiger partial charge in [-0.05, 0) is 0 Å². The molecular formula is H12ClO6-. The maximum Gasteiger partial charge on any atom is -0.412 e. The first-order chi connectivity index (χ1) is 0. The molecule has 0 rings (SSSR count). The summed E-state index contributed by atoms with van der Waals surface area (Å²) in [6.07, 6.45) is 0. The molecule has 7 heteroatoms. The average molecular weight is 144 g/mol. The van der Waals surface area contributed by atoms with Crippen molar-refractivity contribution in [3.63, 3.8) is 0 Å². The van der Waals surface area contributed by atoms with E-state index in [0.29, 0.717) is 0 Å². The molecule has 0 aromatic carbocycles. The van der Waals surface area contributed by atoms with Crippen molar-refractivity contribution in [2.75, 3.05) is 0 Å². The van der Waals surface area contributed by atoms with Crippen molar-refractivity contribution in [3.8, 4) is 0 Å². The van der Waals surface area contributed by atoms with E-state index in [0.717, 1.165) is 0 Å². The molecule has 6 nitrogen and oxygen atoms in total. The summed E-state index contributed by atoms with van der Waals surface area (Å²) in [5.41, 5.74) is 0. The molecule has 0 spiro atoms. The van der Waals surface area contributed by atoms with E-state index in [1.165, 1.54) is 0 Å². The Morgan fingerprint density at radius 2 is 0.286 bits per heavy atom. The molecule has 0 aliphatic carbocycles. The Morgan fingerprint density at radius 3 is 0.286 bits per heavy atom. The van der Waals surface area contributed by atoms with E-state index in [9.17, 15) is 0 Å². The molecule has 0 amide bonds. The van der Waals surface area contributed by atoms with Crippen LogP contribution in [0.4, 0.5) is 0 Å². The summed E-state index contributed by atoms with van der Waals surface area (Å²) in [6, 6.07) is 0. The smallest absolute Gasteiger partial charge is 0.412 e. The first kappa shape index (κ1) is 103000. The van der Waals surface area contributed by atoms with E-state index in [1.54, 1.807) is 0 Å². The Kier molecular flexibility index (Phi) is 910000000. The van der Waals surface area contributed by atoms with Crippen molar-refractivity contribution in [1.29, 1.82) is 0 Å². The van der Waals surface area contributed by atoms with Gasteiger partial charge in [-0.25, -0.2) is 0 Å². The van der Waals surface area contributed by atoms with E-state index in [-0.39, 0.29) is 45.3 Å². The van der Waals surface area contributed by atoms with Crippen LogP contribution in [0.2, 0.25) is 0 Å². The number of rotatable bonds is 0. The molecule has 12 N–H and O–H groups in total. The Morgan fingerprint density at radius 1 is 0.286 bits per heavy atom. The van der Waals surface area contributed by atoms with E-state index >= 15 is 0 Å². The van der Waals surface area contributed by atoms with Crippen molar-refractivity contribution >= 4 is 0 Å². The summed E-state index contributed by atoms with van der Waals surface area (Å²) in [6.45, 7) is 0. The predicted octanol–water partition coefficient (Wildman–Crippen LogP) is -7.94. The highest BCUT2D eigenvalue weighted by molar-refractivity contribution is 0.829. The molecule has 0 bridgehead atoms. The normalized spacial score (nSPS) is 0. The van der Waals surface area contributed by atoms with Gasteiger partial charge in [0.2, 0.25) is 0 Å². The second-order valence-electron chi connectivity index (χ2n) is 0. The van der Waals surface area contributed by atoms with Crippen molar-refractivity contribution in [3.05, 3.63) is 0 Å². The van der Waals surface area contributed by atoms with E-state index in [1.807, 2.05) is 0 Å². The minimum atomic E-state index is 0. The fourth-order valence-corrected chi connectivity index (χ4v) is 0. The van der Waals surface area contributed by atoms with Crippen LogP contribution in [0.15, 0.2) is 0 Å². The summed E-state index contributed by atoms with van der Waals surface area (Å²) in [7, 11) is 0. The molecule has 0 heterocycles. The van der Waals surface area contributed by atoms with Crippen molar-refractivity contribution < 1.29 is 45.3 Å². The lowest BCUT2D eigenvalue weighted by Crippen LogP contribution is -3.00. The van der Waals surface area contributed by atoms with E-state index < -0.39 is 0 Å². The van der Waals surface area contributed by atoms with Gasteiger partial charge in [0.25, 0.3) is 0 Å². The van der Waals surface area contributed by atoms with Gasteiger partial charge in [0.1, 0.15) is 0 Å². The molecule has 0 aliphatic rings. The lowest BCUT2D eigenvalue weighted by molar-refractivity contribution is -0.00000724. The largest absolute Gasteiger partial charge is 1.00 e. The zero-order chi connectivity index (χ0) is 0. The van der Waals surface area contributed by atoms with Crippen LogP contribution in [-0.2, 0) is 0 Å². The fourth-order valence-electron chi connectivity index (χ4n) is 0. The number of hydrogen-bond donors (Lipinski definition) is 0. The highest BCUT2D eigenvalue weighted by Crippen LogP contribution is -0.284. The predicted molar refractivity (Wildman–Crippen MR) is 21.7 cm³/mol. The molecule has 0 atom stereocenters. The molecular weight excluding hydrogens is 131 g/mol. The lowest BCUT2D eigenvalue weighted by atomic mass is 16.0. The topological polar surface area (TPSA) is 189 Å². The first-order valence-corrected chi connectivity index (χ1v) is 0. The molecule has 0 unspecified atom stereocenters. The summed E-state index contributed by atoms with van der Waals surface area (Å²) < 4.78 is 0. The van der Waals surface area contributed by atoms with E-state index in [2.05, 4.69) is 0 Å². The summed E-state index contributed by atoms with van der Waals surface area (Å²) in [5.74, 6) is 0. The highest BCUT2D eigenvalue weighted by atomic mass is 35.5. The zero-order valence-electron chi connectivity index (χ0n) is 3.38. The number of hydrogen-bond acceptors (Lipinski definition) is 0. The van der Waals surface area contributed by atoms with Gasteiger partial charge in [0.05, 0.1) is 0 Å². The zero-order valence-corrected chi connectivity index (χ0v) is 4.13. The fraction of sp³-hybridized carbons (Fsp3) is 0. The summed E-state index contributed by atoms with van der Waals surface area (Å²) in [5, 5.41) is 0. The second kappa shape index (κ2) is 61700. The highest BCUT2D eigenvalue weighted by Gasteiger charge is -0.406. The third-order valence-electron chi connectivity index (χ3n) is 0. The van der Waals surface area contributed by atoms with Gasteiger partial charge >= 0.3 is 0 Å². The van der Waals surface area contributed by atoms with Crippen LogP contribution in [-0.4, -0.2) is 32.9 Å². The van der Waals surface area contributed by atoms with Gasteiger partial charge in [-0.2, -0.15) is 0 Å². The molecule has 7 heavy (non-hydrogen) atoms. The van der Waals surface area contributed by atoms with Crippen LogP contribution >= 0.6 is 0 Å². The van der Waals surface area contributed by atoms with Crippen molar-refractivity contribution in [2.24, 2.45) is 0 Å². The van der Waals surface area contributed by atoms with Gasteiger partial charge in [-0.3, -0.25) is 0 Å². The Hall–Kier alpha value is 0.0500. The Labute approximate surface area is 46.4 Å². The number of halogens is 1. The average Bonchev–Trinajstić information content (AvgIpc) is 0. The van der Waals surface area contributed by atoms with Gasteiger partial charge in [-0.1, -0.05) is 0 Å². The van der Waals surface area contributed by atoms with Crippen LogP contribution in [0.25, 0.3) is 0 Å². The van der Waals surface area contributed by atoms with Gasteiger partial charge in [-0.15, -0.1) is 0 Å². The quantitative estimate of drug-likeness (QED) is 0.311. The summed E-state index contributed by atoms with van der Waals surface area (Å²) in [4.78, 5) is 0. The third kappa shape index (κ3) is 39700. The molecule has 0 radical (unpaired) electrons. The van der Waals surface area contributed by atoms with Crippen LogP contribution in [0.5, 0.6) is 0 Å². The van der Waals surface area contributed by atoms with Gasteiger partial charge in [0.15, 0.2) is 0 Å². The summed E-state index contributed by atoms with van der Waals surface area (Å²) >= 11 is 0.